The lowest BCUT2D eigenvalue weighted by Gasteiger charge is -2.33. The van der Waals surface area contributed by atoms with Gasteiger partial charge in [0.2, 0.25) is 11.2 Å². The third-order valence-corrected chi connectivity index (χ3v) is 5.83. The second-order valence-electron chi connectivity index (χ2n) is 9.80. The van der Waals surface area contributed by atoms with Crippen LogP contribution in [0.2, 0.25) is 10.3 Å². The third kappa shape index (κ3) is 10.4. The van der Waals surface area contributed by atoms with E-state index in [0.717, 1.165) is 16.8 Å². The summed E-state index contributed by atoms with van der Waals surface area (Å²) in [6.07, 6.45) is -4.70. The average molecular weight is 630 g/mol. The van der Waals surface area contributed by atoms with E-state index >= 15 is 0 Å². The number of hydrogen-bond donors (Lipinski definition) is 3. The van der Waals surface area contributed by atoms with Crippen molar-refractivity contribution in [3.63, 3.8) is 0 Å². The van der Waals surface area contributed by atoms with Gasteiger partial charge in [0.15, 0.2) is 5.82 Å². The first-order valence-electron chi connectivity index (χ1n) is 12.1. The topological polar surface area (TPSA) is 136 Å². The van der Waals surface area contributed by atoms with Crippen LogP contribution in [-0.4, -0.2) is 54.8 Å². The molecule has 0 aliphatic heterocycles. The highest BCUT2D eigenvalue weighted by molar-refractivity contribution is 6.33. The summed E-state index contributed by atoms with van der Waals surface area (Å²) in [6.45, 7) is 7.69. The van der Waals surface area contributed by atoms with Gasteiger partial charge < -0.3 is 20.4 Å². The lowest BCUT2D eigenvalue weighted by atomic mass is 10.0. The van der Waals surface area contributed by atoms with E-state index in [1.165, 1.54) is 18.0 Å². The SMILES string of the molecule is CC(=O)N(Cc1cccc(Nc2nc(Cl)ncc2Cl)c1)Cc1cccc(N(C(=O)O)C(C)(C)C)c1.O=C(O)C(F)(F)F. The van der Waals surface area contributed by atoms with Crippen LogP contribution in [0.25, 0.3) is 0 Å². The number of aliphatic carboxylic acids is 1. The molecule has 3 N–H and O–H groups in total. The molecule has 0 spiro atoms. The standard InChI is InChI=1S/C25H27Cl2N5O3.C2HF3O2/c1-16(33)31(15-18-8-6-10-20(12-18)32(24(34)35)25(2,3)4)14-17-7-5-9-19(11-17)29-22-21(26)13-28-23(27)30-22;3-2(4,5)1(6)7/h5-13H,14-15H2,1-4H3,(H,34,35)(H,28,29,30);(H,6,7). The Balaban J connectivity index is 0.000000782. The molecule has 3 aromatic rings. The molecular weight excluding hydrogens is 602 g/mol. The maximum atomic E-state index is 12.5. The largest absolute Gasteiger partial charge is 0.490 e. The van der Waals surface area contributed by atoms with Crippen molar-refractivity contribution in [1.29, 1.82) is 0 Å². The molecular formula is C27H28Cl2F3N5O5. The van der Waals surface area contributed by atoms with Crippen LogP contribution in [0.15, 0.2) is 54.7 Å². The van der Waals surface area contributed by atoms with Gasteiger partial charge in [-0.3, -0.25) is 9.69 Å². The number of carboxylic acid groups (broad SMARTS) is 2. The van der Waals surface area contributed by atoms with E-state index < -0.39 is 23.8 Å². The van der Waals surface area contributed by atoms with Crippen molar-refractivity contribution >= 4 is 58.4 Å². The smallest absolute Gasteiger partial charge is 0.475 e. The number of carboxylic acids is 1. The number of amides is 2. The summed E-state index contributed by atoms with van der Waals surface area (Å²) in [6, 6.07) is 14.7. The number of carbonyl (C=O) groups is 3. The summed E-state index contributed by atoms with van der Waals surface area (Å²) in [5.41, 5.74) is 2.38. The van der Waals surface area contributed by atoms with Crippen molar-refractivity contribution in [2.75, 3.05) is 10.2 Å². The first-order valence-corrected chi connectivity index (χ1v) is 12.9. The number of alkyl halides is 3. The molecule has 226 valence electrons. The molecule has 2 amide bonds. The molecule has 1 heterocycles. The maximum absolute atomic E-state index is 12.5. The number of nitrogens with one attached hydrogen (secondary N) is 1. The van der Waals surface area contributed by atoms with E-state index in [4.69, 9.17) is 33.1 Å². The summed E-state index contributed by atoms with van der Waals surface area (Å²) < 4.78 is 31.7. The van der Waals surface area contributed by atoms with Crippen molar-refractivity contribution in [3.05, 3.63) is 76.2 Å². The Kier molecular flexibility index (Phi) is 11.5. The zero-order valence-corrected chi connectivity index (χ0v) is 24.4. The molecule has 10 nitrogen and oxygen atoms in total. The van der Waals surface area contributed by atoms with Crippen LogP contribution in [-0.2, 0) is 22.7 Å². The number of hydrogen-bond acceptors (Lipinski definition) is 6. The quantitative estimate of drug-likeness (QED) is 0.238. The fourth-order valence-electron chi connectivity index (χ4n) is 3.62. The minimum absolute atomic E-state index is 0.0750. The summed E-state index contributed by atoms with van der Waals surface area (Å²) in [5.74, 6) is -2.48. The molecule has 0 aliphatic carbocycles. The second kappa shape index (κ2) is 14.2. The van der Waals surface area contributed by atoms with Crippen molar-refractivity contribution < 1.29 is 37.8 Å². The molecule has 0 radical (unpaired) electrons. The molecule has 0 bridgehead atoms. The third-order valence-electron chi connectivity index (χ3n) is 5.37. The highest BCUT2D eigenvalue weighted by Crippen LogP contribution is 2.27. The summed E-state index contributed by atoms with van der Waals surface area (Å²) in [7, 11) is 0. The monoisotopic (exact) mass is 629 g/mol. The van der Waals surface area contributed by atoms with Gasteiger partial charge >= 0.3 is 18.2 Å². The minimum Gasteiger partial charge on any atom is -0.475 e. The number of carbonyl (C=O) groups excluding carboxylic acids is 1. The van der Waals surface area contributed by atoms with Gasteiger partial charge in [0.05, 0.1) is 6.20 Å². The van der Waals surface area contributed by atoms with Crippen molar-refractivity contribution in [1.82, 2.24) is 14.9 Å². The molecule has 3 rings (SSSR count). The van der Waals surface area contributed by atoms with E-state index in [-0.39, 0.29) is 11.2 Å². The summed E-state index contributed by atoms with van der Waals surface area (Å²) in [4.78, 5) is 44.2. The molecule has 0 fully saturated rings. The molecule has 1 aromatic heterocycles. The first kappa shape index (κ1) is 34.1. The van der Waals surface area contributed by atoms with Crippen LogP contribution in [0.4, 0.5) is 35.2 Å². The van der Waals surface area contributed by atoms with Gasteiger partial charge in [0.1, 0.15) is 5.02 Å². The van der Waals surface area contributed by atoms with E-state index in [9.17, 15) is 27.9 Å². The lowest BCUT2D eigenvalue weighted by Crippen LogP contribution is -2.45. The van der Waals surface area contributed by atoms with Gasteiger partial charge in [-0.25, -0.2) is 14.6 Å². The zero-order chi connectivity index (χ0) is 31.8. The second-order valence-corrected chi connectivity index (χ2v) is 10.5. The number of rotatable bonds is 7. The number of benzene rings is 2. The Hall–Kier alpha value is -4.10. The Bertz CT molecular complexity index is 1430. The number of halogens is 5. The maximum Gasteiger partial charge on any atom is 0.490 e. The molecule has 0 atom stereocenters. The molecule has 15 heteroatoms. The van der Waals surface area contributed by atoms with Gasteiger partial charge in [0, 0.05) is 36.9 Å². The van der Waals surface area contributed by atoms with E-state index in [1.807, 2.05) is 51.1 Å². The fourth-order valence-corrected chi connectivity index (χ4v) is 3.89. The van der Waals surface area contributed by atoms with Gasteiger partial charge in [-0.05, 0) is 67.8 Å². The number of aromatic nitrogens is 2. The van der Waals surface area contributed by atoms with Gasteiger partial charge in [-0.1, -0.05) is 35.9 Å². The minimum atomic E-state index is -5.08. The van der Waals surface area contributed by atoms with Crippen LogP contribution < -0.4 is 10.2 Å². The molecule has 0 saturated carbocycles. The highest BCUT2D eigenvalue weighted by atomic mass is 35.5. The molecule has 42 heavy (non-hydrogen) atoms. The van der Waals surface area contributed by atoms with Crippen LogP contribution in [0.1, 0.15) is 38.8 Å². The Morgan fingerprint density at radius 1 is 0.952 bits per heavy atom. The zero-order valence-electron chi connectivity index (χ0n) is 22.9. The predicted molar refractivity (Wildman–Crippen MR) is 152 cm³/mol. The average Bonchev–Trinajstić information content (AvgIpc) is 2.85. The van der Waals surface area contributed by atoms with E-state index in [2.05, 4.69) is 15.3 Å². The number of nitrogens with zero attached hydrogens (tertiary/aromatic N) is 4. The Morgan fingerprint density at radius 2 is 1.50 bits per heavy atom. The van der Waals surface area contributed by atoms with Crippen LogP contribution in [0.3, 0.4) is 0 Å². The molecule has 0 unspecified atom stereocenters. The Morgan fingerprint density at radius 3 is 2.00 bits per heavy atom. The van der Waals surface area contributed by atoms with Crippen molar-refractivity contribution in [2.45, 2.75) is 52.5 Å². The van der Waals surface area contributed by atoms with Gasteiger partial charge in [0.25, 0.3) is 0 Å². The molecule has 2 aromatic carbocycles. The first-order chi connectivity index (χ1) is 19.4. The predicted octanol–water partition coefficient (Wildman–Crippen LogP) is 6.99. The Labute approximate surface area is 249 Å². The summed E-state index contributed by atoms with van der Waals surface area (Å²) >= 11 is 12.0. The molecule has 0 saturated heterocycles. The van der Waals surface area contributed by atoms with E-state index in [1.54, 1.807) is 23.1 Å². The van der Waals surface area contributed by atoms with E-state index in [0.29, 0.717) is 29.6 Å². The lowest BCUT2D eigenvalue weighted by molar-refractivity contribution is -0.192. The normalized spacial score (nSPS) is 11.2. The highest BCUT2D eigenvalue weighted by Gasteiger charge is 2.38. The van der Waals surface area contributed by atoms with Crippen LogP contribution in [0.5, 0.6) is 0 Å². The number of anilines is 3. The van der Waals surface area contributed by atoms with Crippen molar-refractivity contribution in [2.24, 2.45) is 0 Å². The fraction of sp³-hybridized carbons (Fsp3) is 0.296. The van der Waals surface area contributed by atoms with Gasteiger partial charge in [-0.2, -0.15) is 18.2 Å². The van der Waals surface area contributed by atoms with Crippen LogP contribution >= 0.6 is 23.2 Å². The summed E-state index contributed by atoms with van der Waals surface area (Å²) in [5, 5.41) is 20.4. The van der Waals surface area contributed by atoms with Crippen LogP contribution in [0, 0.1) is 0 Å². The molecule has 0 aliphatic rings. The van der Waals surface area contributed by atoms with Gasteiger partial charge in [-0.15, -0.1) is 0 Å². The van der Waals surface area contributed by atoms with Crippen molar-refractivity contribution in [3.8, 4) is 0 Å².